The molecule has 1 saturated heterocycles. The highest BCUT2D eigenvalue weighted by atomic mass is 35.5. The first kappa shape index (κ1) is 22.5. The maximum Gasteiger partial charge on any atom is 0.238 e. The van der Waals surface area contributed by atoms with Crippen LogP contribution in [0.1, 0.15) is 6.92 Å². The first-order valence-corrected chi connectivity index (χ1v) is 10.4. The predicted molar refractivity (Wildman–Crippen MR) is 115 cm³/mol. The first-order chi connectivity index (χ1) is 14.4. The van der Waals surface area contributed by atoms with E-state index in [4.69, 9.17) is 16.3 Å². The van der Waals surface area contributed by atoms with Crippen LogP contribution < -0.4 is 10.1 Å². The van der Waals surface area contributed by atoms with Gasteiger partial charge in [-0.25, -0.2) is 4.39 Å². The summed E-state index contributed by atoms with van der Waals surface area (Å²) in [5, 5.41) is 13.8. The van der Waals surface area contributed by atoms with Crippen LogP contribution in [0.2, 0.25) is 5.02 Å². The fourth-order valence-electron chi connectivity index (χ4n) is 3.49. The van der Waals surface area contributed by atoms with E-state index in [-0.39, 0.29) is 24.3 Å². The quantitative estimate of drug-likeness (QED) is 0.667. The molecule has 0 saturated carbocycles. The van der Waals surface area contributed by atoms with Crippen LogP contribution in [-0.4, -0.2) is 72.3 Å². The standard InChI is InChI=1S/C22H27ClFN3O3/c1-16-12-26(14-22(29)25-18-8-6-17(23)7-9-18)10-11-27(16)13-19(28)15-30-21-5-3-2-4-20(21)24/h2-9,16,19,28H,10-15H2,1H3,(H,25,29)/t16-,19+/m0/s1. The minimum atomic E-state index is -0.730. The highest BCUT2D eigenvalue weighted by molar-refractivity contribution is 6.30. The summed E-state index contributed by atoms with van der Waals surface area (Å²) < 4.78 is 19.0. The summed E-state index contributed by atoms with van der Waals surface area (Å²) in [6.45, 7) is 4.99. The largest absolute Gasteiger partial charge is 0.488 e. The Morgan fingerprint density at radius 2 is 2.00 bits per heavy atom. The zero-order valence-electron chi connectivity index (χ0n) is 16.9. The normalized spacial score (nSPS) is 18.7. The van der Waals surface area contributed by atoms with Crippen LogP contribution in [0.15, 0.2) is 48.5 Å². The van der Waals surface area contributed by atoms with E-state index in [0.29, 0.717) is 23.8 Å². The topological polar surface area (TPSA) is 65.0 Å². The number of nitrogens with one attached hydrogen (secondary N) is 1. The van der Waals surface area contributed by atoms with E-state index in [1.807, 2.05) is 0 Å². The maximum atomic E-state index is 13.6. The van der Waals surface area contributed by atoms with E-state index in [9.17, 15) is 14.3 Å². The number of hydrogen-bond acceptors (Lipinski definition) is 5. The number of carbonyl (C=O) groups excluding carboxylic acids is 1. The molecule has 6 nitrogen and oxygen atoms in total. The summed E-state index contributed by atoms with van der Waals surface area (Å²) in [6, 6.07) is 13.3. The van der Waals surface area contributed by atoms with Crippen LogP contribution in [0, 0.1) is 5.82 Å². The predicted octanol–water partition coefficient (Wildman–Crippen LogP) is 2.86. The van der Waals surface area contributed by atoms with Gasteiger partial charge in [0.2, 0.25) is 5.91 Å². The molecule has 2 N–H and O–H groups in total. The Bertz CT molecular complexity index is 837. The number of anilines is 1. The van der Waals surface area contributed by atoms with Crippen molar-refractivity contribution >= 4 is 23.2 Å². The van der Waals surface area contributed by atoms with Crippen LogP contribution in [0.4, 0.5) is 10.1 Å². The minimum Gasteiger partial charge on any atom is -0.488 e. The number of benzene rings is 2. The van der Waals surface area contributed by atoms with Crippen molar-refractivity contribution in [2.24, 2.45) is 0 Å². The van der Waals surface area contributed by atoms with Gasteiger partial charge in [0.25, 0.3) is 0 Å². The van der Waals surface area contributed by atoms with Gasteiger partial charge < -0.3 is 15.2 Å². The van der Waals surface area contributed by atoms with Gasteiger partial charge in [0.1, 0.15) is 12.7 Å². The number of β-amino-alcohol motifs (C(OH)–C–C–N with tert-alkyl or cyclic N) is 1. The molecular formula is C22H27ClFN3O3. The Balaban J connectivity index is 1.40. The van der Waals surface area contributed by atoms with Gasteiger partial charge in [-0.2, -0.15) is 0 Å². The fraction of sp³-hybridized carbons (Fsp3) is 0.409. The average Bonchev–Trinajstić information content (AvgIpc) is 2.71. The molecule has 8 heteroatoms. The summed E-state index contributed by atoms with van der Waals surface area (Å²) in [6.07, 6.45) is -0.730. The van der Waals surface area contributed by atoms with Crippen molar-refractivity contribution in [3.63, 3.8) is 0 Å². The molecule has 0 unspecified atom stereocenters. The number of aliphatic hydroxyl groups excluding tert-OH is 1. The molecule has 1 aliphatic heterocycles. The van der Waals surface area contributed by atoms with Crippen molar-refractivity contribution in [2.75, 3.05) is 44.6 Å². The van der Waals surface area contributed by atoms with Crippen molar-refractivity contribution in [3.8, 4) is 5.75 Å². The van der Waals surface area contributed by atoms with Gasteiger partial charge in [0.05, 0.1) is 6.54 Å². The van der Waals surface area contributed by atoms with Crippen molar-refractivity contribution in [1.29, 1.82) is 0 Å². The lowest BCUT2D eigenvalue weighted by Gasteiger charge is -2.40. The van der Waals surface area contributed by atoms with Crippen LogP contribution >= 0.6 is 11.6 Å². The third-order valence-electron chi connectivity index (χ3n) is 5.06. The molecule has 1 aliphatic rings. The number of halogens is 2. The zero-order chi connectivity index (χ0) is 21.5. The second-order valence-corrected chi connectivity index (χ2v) is 7.97. The number of aliphatic hydroxyl groups is 1. The monoisotopic (exact) mass is 435 g/mol. The second-order valence-electron chi connectivity index (χ2n) is 7.53. The highest BCUT2D eigenvalue weighted by Gasteiger charge is 2.26. The number of amides is 1. The molecule has 3 rings (SSSR count). The van der Waals surface area contributed by atoms with Crippen LogP contribution in [0.3, 0.4) is 0 Å². The van der Waals surface area contributed by atoms with Crippen LogP contribution in [0.25, 0.3) is 0 Å². The molecular weight excluding hydrogens is 409 g/mol. The zero-order valence-corrected chi connectivity index (χ0v) is 17.7. The van der Waals surface area contributed by atoms with Gasteiger partial charge in [-0.1, -0.05) is 23.7 Å². The van der Waals surface area contributed by atoms with Gasteiger partial charge in [-0.05, 0) is 43.3 Å². The van der Waals surface area contributed by atoms with E-state index < -0.39 is 11.9 Å². The number of nitrogens with zero attached hydrogens (tertiary/aromatic N) is 2. The molecule has 0 aliphatic carbocycles. The third-order valence-corrected chi connectivity index (χ3v) is 5.31. The number of carbonyl (C=O) groups is 1. The highest BCUT2D eigenvalue weighted by Crippen LogP contribution is 2.17. The Morgan fingerprint density at radius 3 is 2.70 bits per heavy atom. The van der Waals surface area contributed by atoms with E-state index in [0.717, 1.165) is 19.6 Å². The molecule has 1 heterocycles. The van der Waals surface area contributed by atoms with Crippen LogP contribution in [-0.2, 0) is 4.79 Å². The van der Waals surface area contributed by atoms with Crippen molar-refractivity contribution in [1.82, 2.24) is 9.80 Å². The number of para-hydroxylation sites is 1. The Labute approximate surface area is 181 Å². The van der Waals surface area contributed by atoms with Gasteiger partial charge in [-0.15, -0.1) is 0 Å². The SMILES string of the molecule is C[C@H]1CN(CC(=O)Nc2ccc(Cl)cc2)CCN1C[C@@H](O)COc1ccccc1F. The number of hydrogen-bond donors (Lipinski definition) is 2. The Kier molecular flexibility index (Phi) is 8.04. The average molecular weight is 436 g/mol. The maximum absolute atomic E-state index is 13.6. The van der Waals surface area contributed by atoms with Crippen molar-refractivity contribution in [2.45, 2.75) is 19.1 Å². The fourth-order valence-corrected chi connectivity index (χ4v) is 3.62. The molecule has 2 atom stereocenters. The van der Waals surface area contributed by atoms with Crippen molar-refractivity contribution in [3.05, 3.63) is 59.4 Å². The molecule has 30 heavy (non-hydrogen) atoms. The summed E-state index contributed by atoms with van der Waals surface area (Å²) in [4.78, 5) is 16.5. The lowest BCUT2D eigenvalue weighted by atomic mass is 10.1. The lowest BCUT2D eigenvalue weighted by molar-refractivity contribution is -0.118. The van der Waals surface area contributed by atoms with Crippen LogP contribution in [0.5, 0.6) is 5.75 Å². The summed E-state index contributed by atoms with van der Waals surface area (Å²) in [7, 11) is 0. The molecule has 0 bridgehead atoms. The third kappa shape index (κ3) is 6.67. The molecule has 162 valence electrons. The number of ether oxygens (including phenoxy) is 1. The molecule has 1 fully saturated rings. The lowest BCUT2D eigenvalue weighted by Crippen LogP contribution is -2.55. The summed E-state index contributed by atoms with van der Waals surface area (Å²) >= 11 is 5.86. The van der Waals surface area contributed by atoms with Gasteiger partial charge >= 0.3 is 0 Å². The summed E-state index contributed by atoms with van der Waals surface area (Å²) in [5.41, 5.74) is 0.717. The molecule has 0 radical (unpaired) electrons. The second kappa shape index (κ2) is 10.7. The number of rotatable bonds is 8. The first-order valence-electron chi connectivity index (χ1n) is 9.98. The molecule has 0 aromatic heterocycles. The molecule has 0 spiro atoms. The molecule has 2 aromatic rings. The molecule has 2 aromatic carbocycles. The smallest absolute Gasteiger partial charge is 0.238 e. The van der Waals surface area contributed by atoms with E-state index in [2.05, 4.69) is 22.0 Å². The molecule has 1 amide bonds. The van der Waals surface area contributed by atoms with E-state index >= 15 is 0 Å². The van der Waals surface area contributed by atoms with Gasteiger partial charge in [0, 0.05) is 42.9 Å². The van der Waals surface area contributed by atoms with Gasteiger partial charge in [-0.3, -0.25) is 14.6 Å². The minimum absolute atomic E-state index is 0.0252. The Hall–Kier alpha value is -2.19. The van der Waals surface area contributed by atoms with Gasteiger partial charge in [0.15, 0.2) is 11.6 Å². The summed E-state index contributed by atoms with van der Waals surface area (Å²) in [5.74, 6) is -0.374. The van der Waals surface area contributed by atoms with E-state index in [1.54, 1.807) is 42.5 Å². The van der Waals surface area contributed by atoms with E-state index in [1.165, 1.54) is 6.07 Å². The number of piperazine rings is 1. The van der Waals surface area contributed by atoms with Crippen molar-refractivity contribution < 1.29 is 19.0 Å². The Morgan fingerprint density at radius 1 is 1.27 bits per heavy atom.